The van der Waals surface area contributed by atoms with Gasteiger partial charge in [0.1, 0.15) is 4.88 Å². The molecular weight excluding hydrogens is 577 g/mol. The lowest BCUT2D eigenvalue weighted by atomic mass is 10.1. The number of fused-ring (bicyclic) bond motifs is 1. The normalized spacial score (nSPS) is 11.8. The van der Waals surface area contributed by atoms with Gasteiger partial charge in [-0.3, -0.25) is 9.79 Å². The van der Waals surface area contributed by atoms with E-state index in [4.69, 9.17) is 16.3 Å². The summed E-state index contributed by atoms with van der Waals surface area (Å²) in [6.45, 7) is 1.82. The molecule has 0 unspecified atom stereocenters. The molecule has 208 valence electrons. The predicted molar refractivity (Wildman–Crippen MR) is 154 cm³/mol. The van der Waals surface area contributed by atoms with Crippen LogP contribution in [0.1, 0.15) is 27.7 Å². The molecule has 2 aromatic heterocycles. The van der Waals surface area contributed by atoms with Gasteiger partial charge in [-0.1, -0.05) is 48.0 Å². The number of carbonyl (C=O) groups is 1. The van der Waals surface area contributed by atoms with Gasteiger partial charge in [-0.25, -0.2) is 9.36 Å². The van der Waals surface area contributed by atoms with Gasteiger partial charge in [0.05, 0.1) is 29.1 Å². The molecule has 0 spiro atoms. The Kier molecular flexibility index (Phi) is 7.70. The highest BCUT2D eigenvalue weighted by molar-refractivity contribution is 7.18. The first-order valence-corrected chi connectivity index (χ1v) is 13.4. The Morgan fingerprint density at radius 3 is 2.44 bits per heavy atom. The second kappa shape index (κ2) is 11.2. The highest BCUT2D eigenvalue weighted by Gasteiger charge is 2.31. The average Bonchev–Trinajstić information content (AvgIpc) is 3.38. The number of aliphatic imine (C=N–C) groups is 1. The Morgan fingerprint density at radius 1 is 1.05 bits per heavy atom. The number of aromatic nitrogens is 1. The Balaban J connectivity index is 1.69. The number of hydrogen-bond donors (Lipinski definition) is 1. The summed E-state index contributed by atoms with van der Waals surface area (Å²) in [5.74, 6) is -1.20. The highest BCUT2D eigenvalue weighted by atomic mass is 35.5. The van der Waals surface area contributed by atoms with E-state index >= 15 is 0 Å². The SMILES string of the molecule is CCOC(=O)c1sc(-c2ccc(Cl)cc2)cc1N=Cc1c(O)n(-c2cccc(C(F)(F)F)c2)c(=O)c2ccccc12. The van der Waals surface area contributed by atoms with Crippen molar-refractivity contribution >= 4 is 51.6 Å². The van der Waals surface area contributed by atoms with Gasteiger partial charge in [-0.05, 0) is 55.0 Å². The fourth-order valence-electron chi connectivity index (χ4n) is 4.26. The van der Waals surface area contributed by atoms with Crippen molar-refractivity contribution < 1.29 is 27.8 Å². The van der Waals surface area contributed by atoms with Crippen molar-refractivity contribution in [1.29, 1.82) is 0 Å². The van der Waals surface area contributed by atoms with E-state index in [0.29, 0.717) is 15.3 Å². The predicted octanol–water partition coefficient (Wildman–Crippen LogP) is 8.02. The Hall–Kier alpha value is -4.41. The molecule has 0 aliphatic carbocycles. The molecule has 5 rings (SSSR count). The van der Waals surface area contributed by atoms with Crippen LogP contribution in [0, 0.1) is 0 Å². The lowest BCUT2D eigenvalue weighted by molar-refractivity contribution is -0.137. The standard InChI is InChI=1S/C30H20ClF3N2O4S/c1-2-40-29(39)26-24(15-25(41-26)17-10-12-19(31)13-11-17)35-16-23-21-8-3-4-9-22(21)27(37)36(28(23)38)20-7-5-6-18(14-20)30(32,33)34/h3-16,38H,2H2,1H3. The smallest absolute Gasteiger partial charge is 0.416 e. The number of pyridine rings is 1. The minimum atomic E-state index is -4.65. The molecule has 2 heterocycles. The number of esters is 1. The van der Waals surface area contributed by atoms with Crippen molar-refractivity contribution in [2.75, 3.05) is 6.61 Å². The average molecular weight is 597 g/mol. The van der Waals surface area contributed by atoms with Crippen LogP contribution in [0.4, 0.5) is 18.9 Å². The van der Waals surface area contributed by atoms with Gasteiger partial charge in [0, 0.05) is 26.9 Å². The van der Waals surface area contributed by atoms with Crippen LogP contribution in [0.2, 0.25) is 5.02 Å². The van der Waals surface area contributed by atoms with Crippen molar-refractivity contribution in [3.8, 4) is 22.0 Å². The molecule has 0 amide bonds. The number of nitrogens with zero attached hydrogens (tertiary/aromatic N) is 2. The van der Waals surface area contributed by atoms with Gasteiger partial charge in [-0.15, -0.1) is 11.3 Å². The minimum Gasteiger partial charge on any atom is -0.494 e. The van der Waals surface area contributed by atoms with E-state index in [2.05, 4.69) is 4.99 Å². The van der Waals surface area contributed by atoms with Gasteiger partial charge in [0.15, 0.2) is 0 Å². The third-order valence-electron chi connectivity index (χ3n) is 6.17. The molecular formula is C30H20ClF3N2O4S. The summed E-state index contributed by atoms with van der Waals surface area (Å²) in [7, 11) is 0. The summed E-state index contributed by atoms with van der Waals surface area (Å²) in [5.41, 5.74) is -0.738. The summed E-state index contributed by atoms with van der Waals surface area (Å²) in [5, 5.41) is 12.3. The Morgan fingerprint density at radius 2 is 1.76 bits per heavy atom. The molecule has 5 aromatic rings. The largest absolute Gasteiger partial charge is 0.494 e. The maximum absolute atomic E-state index is 13.4. The minimum absolute atomic E-state index is 0.0756. The van der Waals surface area contributed by atoms with Gasteiger partial charge < -0.3 is 9.84 Å². The first-order chi connectivity index (χ1) is 19.6. The van der Waals surface area contributed by atoms with Crippen LogP contribution in [0.3, 0.4) is 0 Å². The number of hydrogen-bond acceptors (Lipinski definition) is 6. The summed E-state index contributed by atoms with van der Waals surface area (Å²) in [6.07, 6.45) is -3.38. The summed E-state index contributed by atoms with van der Waals surface area (Å²) in [6, 6.07) is 19.2. The van der Waals surface area contributed by atoms with Gasteiger partial charge in [0.2, 0.25) is 5.88 Å². The van der Waals surface area contributed by atoms with Crippen LogP contribution in [0.15, 0.2) is 88.6 Å². The zero-order valence-corrected chi connectivity index (χ0v) is 22.8. The zero-order chi connectivity index (χ0) is 29.3. The zero-order valence-electron chi connectivity index (χ0n) is 21.3. The molecule has 0 saturated heterocycles. The molecule has 1 N–H and O–H groups in total. The van der Waals surface area contributed by atoms with Crippen LogP contribution < -0.4 is 5.56 Å². The molecule has 41 heavy (non-hydrogen) atoms. The molecule has 0 fully saturated rings. The van der Waals surface area contributed by atoms with E-state index in [1.807, 2.05) is 0 Å². The van der Waals surface area contributed by atoms with E-state index < -0.39 is 29.1 Å². The van der Waals surface area contributed by atoms with Crippen molar-refractivity contribution in [3.05, 3.63) is 110 Å². The maximum Gasteiger partial charge on any atom is 0.416 e. The molecule has 0 saturated carbocycles. The lowest BCUT2D eigenvalue weighted by Crippen LogP contribution is -2.20. The number of alkyl halides is 3. The van der Waals surface area contributed by atoms with Crippen molar-refractivity contribution in [2.45, 2.75) is 13.1 Å². The fraction of sp³-hybridized carbons (Fsp3) is 0.100. The lowest BCUT2D eigenvalue weighted by Gasteiger charge is -2.15. The fourth-order valence-corrected chi connectivity index (χ4v) is 5.39. The summed E-state index contributed by atoms with van der Waals surface area (Å²) >= 11 is 7.17. The summed E-state index contributed by atoms with van der Waals surface area (Å²) < 4.78 is 46.2. The van der Waals surface area contributed by atoms with E-state index in [1.54, 1.807) is 55.5 Å². The molecule has 6 nitrogen and oxygen atoms in total. The molecule has 0 radical (unpaired) electrons. The number of benzene rings is 3. The third kappa shape index (κ3) is 5.61. The quantitative estimate of drug-likeness (QED) is 0.159. The van der Waals surface area contributed by atoms with E-state index in [-0.39, 0.29) is 33.8 Å². The highest BCUT2D eigenvalue weighted by Crippen LogP contribution is 2.38. The number of ether oxygens (including phenoxy) is 1. The van der Waals surface area contributed by atoms with Crippen LogP contribution in [0.5, 0.6) is 5.88 Å². The number of carbonyl (C=O) groups excluding carboxylic acids is 1. The summed E-state index contributed by atoms with van der Waals surface area (Å²) in [4.78, 5) is 31.5. The second-order valence-corrected chi connectivity index (χ2v) is 10.3. The molecule has 0 atom stereocenters. The number of halogens is 4. The van der Waals surface area contributed by atoms with Crippen molar-refractivity contribution in [2.24, 2.45) is 4.99 Å². The molecule has 0 aliphatic rings. The molecule has 3 aromatic carbocycles. The third-order valence-corrected chi connectivity index (χ3v) is 7.58. The first kappa shape index (κ1) is 28.1. The number of rotatable bonds is 6. The van der Waals surface area contributed by atoms with E-state index in [9.17, 15) is 27.9 Å². The topological polar surface area (TPSA) is 80.9 Å². The molecule has 0 aliphatic heterocycles. The van der Waals surface area contributed by atoms with Crippen molar-refractivity contribution in [3.63, 3.8) is 0 Å². The van der Waals surface area contributed by atoms with Gasteiger partial charge in [-0.2, -0.15) is 13.2 Å². The van der Waals surface area contributed by atoms with Gasteiger partial charge >= 0.3 is 12.1 Å². The Labute approximate surface area is 240 Å². The second-order valence-electron chi connectivity index (χ2n) is 8.78. The van der Waals surface area contributed by atoms with E-state index in [1.165, 1.54) is 18.3 Å². The van der Waals surface area contributed by atoms with Crippen LogP contribution in [-0.2, 0) is 10.9 Å². The monoisotopic (exact) mass is 596 g/mol. The van der Waals surface area contributed by atoms with E-state index in [0.717, 1.165) is 39.7 Å². The number of thiophene rings is 1. The maximum atomic E-state index is 13.4. The molecule has 0 bridgehead atoms. The number of aromatic hydroxyl groups is 1. The Bertz CT molecular complexity index is 1860. The van der Waals surface area contributed by atoms with Crippen LogP contribution in [0.25, 0.3) is 26.9 Å². The first-order valence-electron chi connectivity index (χ1n) is 12.2. The van der Waals surface area contributed by atoms with Crippen LogP contribution >= 0.6 is 22.9 Å². The molecule has 11 heteroatoms. The van der Waals surface area contributed by atoms with Gasteiger partial charge in [0.25, 0.3) is 5.56 Å². The van der Waals surface area contributed by atoms with Crippen LogP contribution in [-0.4, -0.2) is 28.5 Å². The van der Waals surface area contributed by atoms with Crippen molar-refractivity contribution in [1.82, 2.24) is 4.57 Å².